The number of benzene rings is 2. The lowest BCUT2D eigenvalue weighted by Crippen LogP contribution is -2.49. The van der Waals surface area contributed by atoms with E-state index in [0.29, 0.717) is 67.1 Å². The van der Waals surface area contributed by atoms with Crippen LogP contribution in [0.5, 0.6) is 5.75 Å². The molecule has 2 aromatic rings. The number of hydrogen-bond acceptors (Lipinski definition) is 7. The number of carbonyl (C=O) groups excluding carboxylic acids is 3. The van der Waals surface area contributed by atoms with E-state index in [1.807, 2.05) is 45.0 Å². The Morgan fingerprint density at radius 3 is 2.30 bits per heavy atom. The number of fused-ring (bicyclic) bond motifs is 1. The molecule has 10 nitrogen and oxygen atoms in total. The number of likely N-dealkylation sites (N-methyl/N-ethyl adjacent to an activating group) is 1. The first-order chi connectivity index (χ1) is 19.1. The molecule has 0 aliphatic carbocycles. The van der Waals surface area contributed by atoms with Gasteiger partial charge in [0.1, 0.15) is 6.10 Å². The van der Waals surface area contributed by atoms with Gasteiger partial charge in [-0.05, 0) is 58.1 Å². The Labute approximate surface area is 236 Å². The van der Waals surface area contributed by atoms with Gasteiger partial charge in [-0.15, -0.1) is 0 Å². The summed E-state index contributed by atoms with van der Waals surface area (Å²) in [5, 5.41) is 15.5. The van der Waals surface area contributed by atoms with E-state index in [1.54, 1.807) is 35.2 Å². The van der Waals surface area contributed by atoms with Crippen molar-refractivity contribution in [1.29, 1.82) is 0 Å². The number of nitrogens with one attached hydrogen (secondary N) is 2. The van der Waals surface area contributed by atoms with Crippen LogP contribution in [0, 0.1) is 5.92 Å². The van der Waals surface area contributed by atoms with Crippen molar-refractivity contribution in [2.75, 3.05) is 50.2 Å². The van der Waals surface area contributed by atoms with Crippen LogP contribution in [0.3, 0.4) is 0 Å². The molecule has 0 aromatic heterocycles. The maximum atomic E-state index is 13.5. The largest absolute Gasteiger partial charge is 0.486 e. The van der Waals surface area contributed by atoms with Gasteiger partial charge in [0, 0.05) is 31.8 Å². The topological polar surface area (TPSA) is 137 Å². The number of amides is 3. The summed E-state index contributed by atoms with van der Waals surface area (Å²) in [5.74, 6) is -0.193. The minimum absolute atomic E-state index is 0.00668. The number of nitrogens with zero attached hydrogens (tertiary/aromatic N) is 2. The molecule has 3 amide bonds. The van der Waals surface area contributed by atoms with Gasteiger partial charge in [0.2, 0.25) is 11.8 Å². The van der Waals surface area contributed by atoms with E-state index in [-0.39, 0.29) is 48.8 Å². The second-order valence-electron chi connectivity index (χ2n) is 10.8. The van der Waals surface area contributed by atoms with Crippen LogP contribution < -0.4 is 21.1 Å². The monoisotopic (exact) mass is 553 g/mol. The molecule has 2 aromatic carbocycles. The number of carbonyl (C=O) groups is 3. The number of anilines is 3. The molecule has 5 N–H and O–H groups in total. The molecular weight excluding hydrogens is 510 g/mol. The van der Waals surface area contributed by atoms with Gasteiger partial charge in [0.15, 0.2) is 5.75 Å². The fraction of sp³-hybridized carbons (Fsp3) is 0.500. The van der Waals surface area contributed by atoms with Crippen LogP contribution in [0.2, 0.25) is 0 Å². The predicted octanol–water partition coefficient (Wildman–Crippen LogP) is 3.58. The summed E-state index contributed by atoms with van der Waals surface area (Å²) in [5.41, 5.74) is 7.80. The van der Waals surface area contributed by atoms with E-state index in [4.69, 9.17) is 10.5 Å². The Morgan fingerprint density at radius 1 is 1.05 bits per heavy atom. The molecule has 1 aliphatic heterocycles. The van der Waals surface area contributed by atoms with E-state index in [0.717, 1.165) is 0 Å². The first kappa shape index (κ1) is 30.9. The number of ether oxygens (including phenoxy) is 1. The Balaban J connectivity index is 1.62. The van der Waals surface area contributed by atoms with Gasteiger partial charge in [-0.2, -0.15) is 0 Å². The summed E-state index contributed by atoms with van der Waals surface area (Å²) < 4.78 is 6.43. The Bertz CT molecular complexity index is 1170. The van der Waals surface area contributed by atoms with Crippen LogP contribution in [0.15, 0.2) is 42.5 Å². The van der Waals surface area contributed by atoms with Gasteiger partial charge in [0.05, 0.1) is 35.3 Å². The molecule has 1 aliphatic rings. The molecule has 218 valence electrons. The van der Waals surface area contributed by atoms with Gasteiger partial charge >= 0.3 is 0 Å². The number of nitrogen functional groups attached to an aromatic ring is 1. The molecule has 1 heterocycles. The van der Waals surface area contributed by atoms with Crippen LogP contribution in [-0.4, -0.2) is 78.6 Å². The van der Waals surface area contributed by atoms with E-state index < -0.39 is 0 Å². The number of hydrogen-bond donors (Lipinski definition) is 4. The smallest absolute Gasteiger partial charge is 0.258 e. The average molecular weight is 554 g/mol. The lowest BCUT2D eigenvalue weighted by Gasteiger charge is -2.38. The zero-order valence-electron chi connectivity index (χ0n) is 24.0. The van der Waals surface area contributed by atoms with Gasteiger partial charge in [-0.25, -0.2) is 0 Å². The number of nitrogens with two attached hydrogens (primary N) is 1. The highest BCUT2D eigenvalue weighted by molar-refractivity contribution is 6.01. The maximum absolute atomic E-state index is 13.5. The fourth-order valence-corrected chi connectivity index (χ4v) is 4.70. The zero-order valence-corrected chi connectivity index (χ0v) is 24.0. The van der Waals surface area contributed by atoms with Crippen molar-refractivity contribution in [2.45, 2.75) is 58.1 Å². The van der Waals surface area contributed by atoms with E-state index in [1.165, 1.54) is 0 Å². The van der Waals surface area contributed by atoms with Crippen molar-refractivity contribution in [1.82, 2.24) is 9.80 Å². The molecule has 0 saturated heterocycles. The number of aliphatic hydroxyl groups excluding tert-OH is 1. The summed E-state index contributed by atoms with van der Waals surface area (Å²) in [7, 11) is 3.92. The fourth-order valence-electron chi connectivity index (χ4n) is 4.70. The van der Waals surface area contributed by atoms with Crippen molar-refractivity contribution < 1.29 is 24.2 Å². The molecule has 0 saturated carbocycles. The third-order valence-corrected chi connectivity index (χ3v) is 7.05. The van der Waals surface area contributed by atoms with E-state index >= 15 is 0 Å². The quantitative estimate of drug-likeness (QED) is 0.233. The van der Waals surface area contributed by atoms with Gasteiger partial charge in [0.25, 0.3) is 5.91 Å². The van der Waals surface area contributed by atoms with Crippen molar-refractivity contribution in [3.05, 3.63) is 48.0 Å². The number of rotatable bonds is 12. The summed E-state index contributed by atoms with van der Waals surface area (Å²) in [6, 6.07) is 11.9. The normalized spacial score (nSPS) is 17.9. The molecule has 3 rings (SSSR count). The van der Waals surface area contributed by atoms with Crippen LogP contribution in [-0.2, 0) is 9.59 Å². The maximum Gasteiger partial charge on any atom is 0.258 e. The number of unbranched alkanes of at least 4 members (excludes halogenated alkanes) is 2. The second kappa shape index (κ2) is 14.7. The highest BCUT2D eigenvalue weighted by atomic mass is 16.5. The number of para-hydroxylation sites is 3. The van der Waals surface area contributed by atoms with Crippen LogP contribution in [0.1, 0.15) is 56.3 Å². The lowest BCUT2D eigenvalue weighted by atomic mass is 9.99. The zero-order chi connectivity index (χ0) is 29.2. The Hall–Kier alpha value is -3.63. The highest BCUT2D eigenvalue weighted by Crippen LogP contribution is 2.35. The van der Waals surface area contributed by atoms with Crippen molar-refractivity contribution in [3.8, 4) is 5.75 Å². The first-order valence-corrected chi connectivity index (χ1v) is 13.9. The molecule has 0 fully saturated rings. The molecule has 0 spiro atoms. The molecule has 3 atom stereocenters. The van der Waals surface area contributed by atoms with Gasteiger partial charge < -0.3 is 36.0 Å². The molecule has 0 unspecified atom stereocenters. The van der Waals surface area contributed by atoms with Crippen LogP contribution in [0.4, 0.5) is 17.1 Å². The molecule has 40 heavy (non-hydrogen) atoms. The summed E-state index contributed by atoms with van der Waals surface area (Å²) in [4.78, 5) is 42.3. The lowest BCUT2D eigenvalue weighted by molar-refractivity contribution is -0.116. The third kappa shape index (κ3) is 8.43. The average Bonchev–Trinajstić information content (AvgIpc) is 2.91. The standard InChI is InChI=1S/C30H43N5O5/c1-20-17-35(21(2)19-36)30(39)22-11-10-14-25(29(22)40-26(20)18-34(3)4)33-28(38)16-7-5-6-15-27(37)32-24-13-9-8-12-23(24)31/h8-14,20-21,26,36H,5-7,15-19,31H2,1-4H3,(H,32,37)(H,33,38)/t20-,21+,26+/m0/s1. The van der Waals surface area contributed by atoms with Crippen LogP contribution >= 0.6 is 0 Å². The SMILES string of the molecule is C[C@H](CO)N1C[C@H](C)[C@@H](CN(C)C)Oc2c(NC(=O)CCCCCC(=O)Nc3ccccc3N)cccc2C1=O. The molecule has 0 radical (unpaired) electrons. The summed E-state index contributed by atoms with van der Waals surface area (Å²) in [6.45, 7) is 4.78. The summed E-state index contributed by atoms with van der Waals surface area (Å²) >= 11 is 0. The summed E-state index contributed by atoms with van der Waals surface area (Å²) in [6.07, 6.45) is 2.35. The molecular formula is C30H43N5O5. The van der Waals surface area contributed by atoms with Crippen molar-refractivity contribution in [2.24, 2.45) is 5.92 Å². The third-order valence-electron chi connectivity index (χ3n) is 7.05. The minimum Gasteiger partial charge on any atom is -0.486 e. The Kier molecular flexibility index (Phi) is 11.3. The molecule has 10 heteroatoms. The van der Waals surface area contributed by atoms with Crippen molar-refractivity contribution >= 4 is 34.8 Å². The minimum atomic E-state index is -0.355. The predicted molar refractivity (Wildman–Crippen MR) is 157 cm³/mol. The van der Waals surface area contributed by atoms with Crippen LogP contribution in [0.25, 0.3) is 0 Å². The van der Waals surface area contributed by atoms with E-state index in [2.05, 4.69) is 10.6 Å². The van der Waals surface area contributed by atoms with Crippen molar-refractivity contribution in [3.63, 3.8) is 0 Å². The highest BCUT2D eigenvalue weighted by Gasteiger charge is 2.34. The second-order valence-corrected chi connectivity index (χ2v) is 10.8. The molecule has 0 bridgehead atoms. The van der Waals surface area contributed by atoms with E-state index in [9.17, 15) is 19.5 Å². The van der Waals surface area contributed by atoms with Gasteiger partial charge in [-0.1, -0.05) is 31.5 Å². The van der Waals surface area contributed by atoms with Gasteiger partial charge in [-0.3, -0.25) is 14.4 Å². The number of aliphatic hydroxyl groups is 1. The first-order valence-electron chi connectivity index (χ1n) is 13.9. The Morgan fingerprint density at radius 2 is 1.68 bits per heavy atom.